The van der Waals surface area contributed by atoms with Crippen molar-refractivity contribution in [1.82, 2.24) is 20.4 Å². The highest BCUT2D eigenvalue weighted by Gasteiger charge is 2.32. The fraction of sp³-hybridized carbons (Fsp3) is 0.895. The lowest BCUT2D eigenvalue weighted by atomic mass is 9.97. The van der Waals surface area contributed by atoms with Gasteiger partial charge in [0.05, 0.1) is 12.6 Å². The van der Waals surface area contributed by atoms with E-state index in [0.29, 0.717) is 31.1 Å². The van der Waals surface area contributed by atoms with Gasteiger partial charge in [-0.2, -0.15) is 0 Å². The van der Waals surface area contributed by atoms with Crippen LogP contribution in [0.25, 0.3) is 0 Å². The normalized spacial score (nSPS) is 33.6. The zero-order valence-electron chi connectivity index (χ0n) is 15.8. The molecule has 3 fully saturated rings. The molecule has 0 aliphatic carbocycles. The summed E-state index contributed by atoms with van der Waals surface area (Å²) in [5.41, 5.74) is 0. The number of carbonyl (C=O) groups is 2. The molecule has 0 bridgehead atoms. The summed E-state index contributed by atoms with van der Waals surface area (Å²) in [6, 6.07) is 1.01. The zero-order chi connectivity index (χ0) is 17.8. The van der Waals surface area contributed by atoms with Crippen LogP contribution in [0.2, 0.25) is 0 Å². The molecule has 6 nitrogen and oxygen atoms in total. The van der Waals surface area contributed by atoms with Gasteiger partial charge in [-0.3, -0.25) is 14.5 Å². The minimum absolute atomic E-state index is 0.0144. The second kappa shape index (κ2) is 8.49. The van der Waals surface area contributed by atoms with Crippen LogP contribution < -0.4 is 10.6 Å². The van der Waals surface area contributed by atoms with E-state index in [0.717, 1.165) is 45.3 Å². The molecule has 0 aromatic carbocycles. The third kappa shape index (κ3) is 4.73. The van der Waals surface area contributed by atoms with Gasteiger partial charge in [-0.15, -0.1) is 0 Å². The molecule has 0 spiro atoms. The van der Waals surface area contributed by atoms with Crippen molar-refractivity contribution in [3.63, 3.8) is 0 Å². The lowest BCUT2D eigenvalue weighted by Gasteiger charge is -2.35. The fourth-order valence-electron chi connectivity index (χ4n) is 4.55. The van der Waals surface area contributed by atoms with E-state index in [9.17, 15) is 9.59 Å². The standard InChI is InChI=1S/C19H34N4O2/c1-14-7-8-15(2)23(14)13-18(24)22-10-4-5-16(12-22)11-21-19(25)17-6-3-9-20-17/h14-17,20H,3-13H2,1-2H3,(H,21,25). The molecule has 6 heteroatoms. The molecule has 0 aromatic heterocycles. The molecule has 3 heterocycles. The average Bonchev–Trinajstić information content (AvgIpc) is 3.26. The van der Waals surface area contributed by atoms with Gasteiger partial charge in [0.2, 0.25) is 11.8 Å². The molecule has 2 N–H and O–H groups in total. The van der Waals surface area contributed by atoms with E-state index >= 15 is 0 Å². The largest absolute Gasteiger partial charge is 0.354 e. The third-order valence-electron chi connectivity index (χ3n) is 6.27. The predicted octanol–water partition coefficient (Wildman–Crippen LogP) is 0.966. The summed E-state index contributed by atoms with van der Waals surface area (Å²) in [6.45, 7) is 8.28. The molecule has 0 radical (unpaired) electrons. The second-order valence-corrected chi connectivity index (χ2v) is 8.19. The summed E-state index contributed by atoms with van der Waals surface area (Å²) in [6.07, 6.45) is 6.54. The zero-order valence-corrected chi connectivity index (χ0v) is 15.8. The van der Waals surface area contributed by atoms with Gasteiger partial charge in [-0.1, -0.05) is 0 Å². The van der Waals surface area contributed by atoms with Crippen molar-refractivity contribution in [3.05, 3.63) is 0 Å². The molecule has 3 saturated heterocycles. The SMILES string of the molecule is CC1CCC(C)N1CC(=O)N1CCCC(CNC(=O)C2CCCN2)C1. The number of piperidine rings is 1. The Bertz CT molecular complexity index is 468. The van der Waals surface area contributed by atoms with Crippen LogP contribution in [-0.4, -0.2) is 72.5 Å². The number of nitrogens with one attached hydrogen (secondary N) is 2. The van der Waals surface area contributed by atoms with Gasteiger partial charge in [0, 0.05) is 31.7 Å². The Labute approximate surface area is 151 Å². The Balaban J connectivity index is 1.44. The Kier molecular flexibility index (Phi) is 6.34. The maximum absolute atomic E-state index is 12.7. The Morgan fingerprint density at radius 3 is 2.52 bits per heavy atom. The van der Waals surface area contributed by atoms with E-state index in [1.165, 1.54) is 12.8 Å². The summed E-state index contributed by atoms with van der Waals surface area (Å²) in [4.78, 5) is 29.2. The van der Waals surface area contributed by atoms with Gasteiger partial charge in [0.1, 0.15) is 0 Å². The molecule has 3 rings (SSSR count). The van der Waals surface area contributed by atoms with Crippen LogP contribution in [0, 0.1) is 5.92 Å². The first kappa shape index (κ1) is 18.6. The van der Waals surface area contributed by atoms with Crippen molar-refractivity contribution >= 4 is 11.8 Å². The van der Waals surface area contributed by atoms with Gasteiger partial charge in [0.15, 0.2) is 0 Å². The van der Waals surface area contributed by atoms with Crippen LogP contribution in [0.1, 0.15) is 52.4 Å². The quantitative estimate of drug-likeness (QED) is 0.775. The third-order valence-corrected chi connectivity index (χ3v) is 6.27. The number of likely N-dealkylation sites (tertiary alicyclic amines) is 2. The van der Waals surface area contributed by atoms with Crippen molar-refractivity contribution in [2.24, 2.45) is 5.92 Å². The number of amides is 2. The molecule has 3 aliphatic rings. The van der Waals surface area contributed by atoms with Crippen molar-refractivity contribution in [3.8, 4) is 0 Å². The first-order chi connectivity index (χ1) is 12.0. The molecule has 4 atom stereocenters. The van der Waals surface area contributed by atoms with Crippen molar-refractivity contribution < 1.29 is 9.59 Å². The highest BCUT2D eigenvalue weighted by atomic mass is 16.2. The lowest BCUT2D eigenvalue weighted by Crippen LogP contribution is -2.49. The van der Waals surface area contributed by atoms with Crippen molar-refractivity contribution in [1.29, 1.82) is 0 Å². The average molecular weight is 351 g/mol. The van der Waals surface area contributed by atoms with E-state index < -0.39 is 0 Å². The first-order valence-corrected chi connectivity index (χ1v) is 10.1. The van der Waals surface area contributed by atoms with Crippen LogP contribution in [0.5, 0.6) is 0 Å². The number of hydrogen-bond acceptors (Lipinski definition) is 4. The Hall–Kier alpha value is -1.14. The highest BCUT2D eigenvalue weighted by Crippen LogP contribution is 2.24. The summed E-state index contributed by atoms with van der Waals surface area (Å²) >= 11 is 0. The monoisotopic (exact) mass is 350 g/mol. The highest BCUT2D eigenvalue weighted by molar-refractivity contribution is 5.82. The summed E-state index contributed by atoms with van der Waals surface area (Å²) < 4.78 is 0. The molecule has 2 amide bonds. The molecule has 4 unspecified atom stereocenters. The molecule has 3 aliphatic heterocycles. The van der Waals surface area contributed by atoms with Crippen LogP contribution in [-0.2, 0) is 9.59 Å². The van der Waals surface area contributed by atoms with Crippen molar-refractivity contribution in [2.45, 2.75) is 70.5 Å². The molecule has 142 valence electrons. The minimum atomic E-state index is -0.0144. The maximum Gasteiger partial charge on any atom is 0.237 e. The maximum atomic E-state index is 12.7. The van der Waals surface area contributed by atoms with Crippen molar-refractivity contribution in [2.75, 3.05) is 32.7 Å². The molecule has 0 saturated carbocycles. The fourth-order valence-corrected chi connectivity index (χ4v) is 4.55. The van der Waals surface area contributed by atoms with Gasteiger partial charge in [-0.05, 0) is 64.8 Å². The lowest BCUT2D eigenvalue weighted by molar-refractivity contribution is -0.134. The van der Waals surface area contributed by atoms with Crippen LogP contribution in [0.15, 0.2) is 0 Å². The predicted molar refractivity (Wildman–Crippen MR) is 98.2 cm³/mol. The van der Waals surface area contributed by atoms with Gasteiger partial charge in [-0.25, -0.2) is 0 Å². The van der Waals surface area contributed by atoms with E-state index in [4.69, 9.17) is 0 Å². The number of hydrogen-bond donors (Lipinski definition) is 2. The molecule has 0 aromatic rings. The Morgan fingerprint density at radius 2 is 1.84 bits per heavy atom. The topological polar surface area (TPSA) is 64.7 Å². The summed E-state index contributed by atoms with van der Waals surface area (Å²) in [5.74, 6) is 0.770. The molecule has 25 heavy (non-hydrogen) atoms. The van der Waals surface area contributed by atoms with E-state index in [-0.39, 0.29) is 17.9 Å². The summed E-state index contributed by atoms with van der Waals surface area (Å²) in [7, 11) is 0. The molecular weight excluding hydrogens is 316 g/mol. The number of nitrogens with zero attached hydrogens (tertiary/aromatic N) is 2. The van der Waals surface area contributed by atoms with Gasteiger partial charge < -0.3 is 15.5 Å². The van der Waals surface area contributed by atoms with Gasteiger partial charge >= 0.3 is 0 Å². The van der Waals surface area contributed by atoms with E-state index in [1.807, 2.05) is 4.90 Å². The van der Waals surface area contributed by atoms with Crippen LogP contribution >= 0.6 is 0 Å². The van der Waals surface area contributed by atoms with E-state index in [1.54, 1.807) is 0 Å². The molecular formula is C19H34N4O2. The first-order valence-electron chi connectivity index (χ1n) is 10.1. The minimum Gasteiger partial charge on any atom is -0.354 e. The van der Waals surface area contributed by atoms with E-state index in [2.05, 4.69) is 29.4 Å². The number of rotatable bonds is 5. The smallest absolute Gasteiger partial charge is 0.237 e. The summed E-state index contributed by atoms with van der Waals surface area (Å²) in [5, 5.41) is 6.33. The van der Waals surface area contributed by atoms with Crippen LogP contribution in [0.4, 0.5) is 0 Å². The van der Waals surface area contributed by atoms with Gasteiger partial charge in [0.25, 0.3) is 0 Å². The Morgan fingerprint density at radius 1 is 1.08 bits per heavy atom. The second-order valence-electron chi connectivity index (χ2n) is 8.19. The number of carbonyl (C=O) groups excluding carboxylic acids is 2. The van der Waals surface area contributed by atoms with Crippen LogP contribution in [0.3, 0.4) is 0 Å².